The van der Waals surface area contributed by atoms with Crippen LogP contribution in [0.3, 0.4) is 0 Å². The number of rotatable bonds is 6. The van der Waals surface area contributed by atoms with Gasteiger partial charge in [-0.05, 0) is 43.7 Å². The molecule has 1 amide bonds. The fourth-order valence-electron chi connectivity index (χ4n) is 2.01. The lowest BCUT2D eigenvalue weighted by Crippen LogP contribution is -2.29. The average Bonchev–Trinajstić information content (AvgIpc) is 3.21. The van der Waals surface area contributed by atoms with Crippen LogP contribution in [-0.4, -0.2) is 24.0 Å². The quantitative estimate of drug-likeness (QED) is 0.811. The Hall–Kier alpha value is -1.58. The molecule has 1 heterocycles. The van der Waals surface area contributed by atoms with Gasteiger partial charge in [0.2, 0.25) is 0 Å². The summed E-state index contributed by atoms with van der Waals surface area (Å²) in [4.78, 5) is 16.0. The molecule has 1 aliphatic rings. The highest BCUT2D eigenvalue weighted by Gasteiger charge is 2.27. The highest BCUT2D eigenvalue weighted by molar-refractivity contribution is 5.92. The minimum Gasteiger partial charge on any atom is -0.384 e. The summed E-state index contributed by atoms with van der Waals surface area (Å²) in [7, 11) is 0. The van der Waals surface area contributed by atoms with Crippen molar-refractivity contribution in [3.63, 3.8) is 0 Å². The highest BCUT2D eigenvalue weighted by Crippen LogP contribution is 2.36. The smallest absolute Gasteiger partial charge is 0.269 e. The molecule has 0 aromatic carbocycles. The lowest BCUT2D eigenvalue weighted by molar-refractivity contribution is 0.0942. The van der Waals surface area contributed by atoms with E-state index in [0.717, 1.165) is 24.7 Å². The van der Waals surface area contributed by atoms with E-state index < -0.39 is 0 Å². The summed E-state index contributed by atoms with van der Waals surface area (Å²) in [6.07, 6.45) is 4.32. The summed E-state index contributed by atoms with van der Waals surface area (Å²) in [5.41, 5.74) is 1.43. The molecule has 0 spiro atoms. The van der Waals surface area contributed by atoms with Gasteiger partial charge >= 0.3 is 0 Å². The number of hydrogen-bond acceptors (Lipinski definition) is 3. The summed E-state index contributed by atoms with van der Waals surface area (Å²) in [6, 6.07) is 3.64. The second-order valence-corrected chi connectivity index (χ2v) is 4.99. The largest absolute Gasteiger partial charge is 0.384 e. The molecule has 0 bridgehead atoms. The number of aromatic nitrogens is 1. The van der Waals surface area contributed by atoms with Crippen LogP contribution < -0.4 is 10.6 Å². The zero-order valence-electron chi connectivity index (χ0n) is 11.1. The van der Waals surface area contributed by atoms with E-state index >= 15 is 0 Å². The fraction of sp³-hybridized carbons (Fsp3) is 0.571. The third kappa shape index (κ3) is 3.45. The van der Waals surface area contributed by atoms with Crippen molar-refractivity contribution in [2.75, 3.05) is 18.4 Å². The predicted molar refractivity (Wildman–Crippen MR) is 72.6 cm³/mol. The van der Waals surface area contributed by atoms with E-state index in [0.29, 0.717) is 11.6 Å². The van der Waals surface area contributed by atoms with Crippen molar-refractivity contribution < 1.29 is 4.79 Å². The Kier molecular flexibility index (Phi) is 4.18. The molecule has 0 saturated heterocycles. The Labute approximate surface area is 108 Å². The lowest BCUT2D eigenvalue weighted by atomic mass is 10.1. The van der Waals surface area contributed by atoms with Crippen molar-refractivity contribution in [3.05, 3.63) is 24.0 Å². The van der Waals surface area contributed by atoms with Gasteiger partial charge in [-0.25, -0.2) is 4.98 Å². The molecule has 1 fully saturated rings. The number of nitrogens with zero attached hydrogens (tertiary/aromatic N) is 1. The molecule has 0 aliphatic heterocycles. The molecule has 2 rings (SSSR count). The van der Waals surface area contributed by atoms with Crippen LogP contribution >= 0.6 is 0 Å². The SMILES string of the molecule is CCNc1ccc(C(=O)NCC(C)C2CC2)nc1. The molecular weight excluding hydrogens is 226 g/mol. The minimum absolute atomic E-state index is 0.0782. The zero-order chi connectivity index (χ0) is 13.0. The number of carbonyl (C=O) groups is 1. The topological polar surface area (TPSA) is 54.0 Å². The molecule has 1 aliphatic carbocycles. The first-order valence-corrected chi connectivity index (χ1v) is 6.68. The maximum atomic E-state index is 11.9. The van der Waals surface area contributed by atoms with Gasteiger partial charge in [-0.2, -0.15) is 0 Å². The molecule has 2 N–H and O–H groups in total. The minimum atomic E-state index is -0.0782. The van der Waals surface area contributed by atoms with Crippen LogP contribution in [0.15, 0.2) is 18.3 Å². The van der Waals surface area contributed by atoms with Crippen molar-refractivity contribution in [3.8, 4) is 0 Å². The van der Waals surface area contributed by atoms with Gasteiger partial charge < -0.3 is 10.6 Å². The molecule has 4 nitrogen and oxygen atoms in total. The fourth-order valence-corrected chi connectivity index (χ4v) is 2.01. The number of anilines is 1. The van der Waals surface area contributed by atoms with Gasteiger partial charge in [0.25, 0.3) is 5.91 Å². The van der Waals surface area contributed by atoms with Crippen molar-refractivity contribution in [1.82, 2.24) is 10.3 Å². The molecule has 1 unspecified atom stereocenters. The van der Waals surface area contributed by atoms with Crippen LogP contribution in [0.2, 0.25) is 0 Å². The molecule has 0 radical (unpaired) electrons. The van der Waals surface area contributed by atoms with Crippen LogP contribution in [0, 0.1) is 11.8 Å². The summed E-state index contributed by atoms with van der Waals surface area (Å²) in [6.45, 7) is 5.83. The standard InChI is InChI=1S/C14H21N3O/c1-3-15-12-6-7-13(16-9-12)14(18)17-8-10(2)11-4-5-11/h6-7,9-11,15H,3-5,8H2,1-2H3,(H,17,18). The summed E-state index contributed by atoms with van der Waals surface area (Å²) < 4.78 is 0. The molecular formula is C14H21N3O. The first kappa shape index (κ1) is 12.9. The number of amides is 1. The molecule has 1 aromatic rings. The second-order valence-electron chi connectivity index (χ2n) is 4.99. The van der Waals surface area contributed by atoms with E-state index in [1.807, 2.05) is 13.0 Å². The van der Waals surface area contributed by atoms with E-state index in [9.17, 15) is 4.79 Å². The second kappa shape index (κ2) is 5.85. The molecule has 1 atom stereocenters. The summed E-state index contributed by atoms with van der Waals surface area (Å²) in [5, 5.41) is 6.10. The Morgan fingerprint density at radius 1 is 1.50 bits per heavy atom. The third-order valence-electron chi connectivity index (χ3n) is 3.39. The molecule has 1 saturated carbocycles. The predicted octanol–water partition coefficient (Wildman–Crippen LogP) is 2.29. The normalized spacial score (nSPS) is 16.1. The Bertz CT molecular complexity index is 398. The summed E-state index contributed by atoms with van der Waals surface area (Å²) >= 11 is 0. The first-order chi connectivity index (χ1) is 8.70. The van der Waals surface area contributed by atoms with Crippen molar-refractivity contribution in [2.45, 2.75) is 26.7 Å². The van der Waals surface area contributed by atoms with Gasteiger partial charge in [-0.15, -0.1) is 0 Å². The van der Waals surface area contributed by atoms with E-state index in [1.165, 1.54) is 12.8 Å². The average molecular weight is 247 g/mol. The molecule has 1 aromatic heterocycles. The van der Waals surface area contributed by atoms with Crippen molar-refractivity contribution in [1.29, 1.82) is 0 Å². The van der Waals surface area contributed by atoms with Crippen LogP contribution in [0.4, 0.5) is 5.69 Å². The van der Waals surface area contributed by atoms with Crippen LogP contribution in [0.5, 0.6) is 0 Å². The highest BCUT2D eigenvalue weighted by atomic mass is 16.1. The van der Waals surface area contributed by atoms with Crippen LogP contribution in [-0.2, 0) is 0 Å². The monoisotopic (exact) mass is 247 g/mol. The van der Waals surface area contributed by atoms with Gasteiger partial charge in [-0.1, -0.05) is 6.92 Å². The maximum absolute atomic E-state index is 11.9. The molecule has 4 heteroatoms. The van der Waals surface area contributed by atoms with Gasteiger partial charge in [0.05, 0.1) is 11.9 Å². The van der Waals surface area contributed by atoms with Crippen molar-refractivity contribution in [2.24, 2.45) is 11.8 Å². The van der Waals surface area contributed by atoms with E-state index in [-0.39, 0.29) is 5.91 Å². The van der Waals surface area contributed by atoms with Gasteiger partial charge in [0.15, 0.2) is 0 Å². The lowest BCUT2D eigenvalue weighted by Gasteiger charge is -2.11. The van der Waals surface area contributed by atoms with Gasteiger partial charge in [0.1, 0.15) is 5.69 Å². The number of hydrogen-bond donors (Lipinski definition) is 2. The van der Waals surface area contributed by atoms with Crippen LogP contribution in [0.1, 0.15) is 37.2 Å². The Morgan fingerprint density at radius 3 is 2.83 bits per heavy atom. The maximum Gasteiger partial charge on any atom is 0.269 e. The number of carbonyl (C=O) groups excluding carboxylic acids is 1. The Morgan fingerprint density at radius 2 is 2.28 bits per heavy atom. The number of pyridine rings is 1. The van der Waals surface area contributed by atoms with Crippen molar-refractivity contribution >= 4 is 11.6 Å². The van der Waals surface area contributed by atoms with E-state index in [4.69, 9.17) is 0 Å². The molecule has 98 valence electrons. The third-order valence-corrected chi connectivity index (χ3v) is 3.39. The zero-order valence-corrected chi connectivity index (χ0v) is 11.1. The van der Waals surface area contributed by atoms with Gasteiger partial charge in [-0.3, -0.25) is 4.79 Å². The number of nitrogens with one attached hydrogen (secondary N) is 2. The van der Waals surface area contributed by atoms with Crippen LogP contribution in [0.25, 0.3) is 0 Å². The van der Waals surface area contributed by atoms with E-state index in [2.05, 4.69) is 22.5 Å². The first-order valence-electron chi connectivity index (χ1n) is 6.68. The molecule has 18 heavy (non-hydrogen) atoms. The van der Waals surface area contributed by atoms with Gasteiger partial charge in [0, 0.05) is 13.1 Å². The Balaban J connectivity index is 1.83. The summed E-state index contributed by atoms with van der Waals surface area (Å²) in [5.74, 6) is 1.31. The van der Waals surface area contributed by atoms with E-state index in [1.54, 1.807) is 12.3 Å².